The number of methoxy groups -OCH3 is 1. The average Bonchev–Trinajstić information content (AvgIpc) is 2.27. The Morgan fingerprint density at radius 2 is 2.42 bits per heavy atom. The summed E-state index contributed by atoms with van der Waals surface area (Å²) in [5, 5.41) is 14.4. The Morgan fingerprint density at radius 3 is 2.75 bits per heavy atom. The maximum atomic E-state index is 11.0. The molecule has 12 heavy (non-hydrogen) atoms. The van der Waals surface area contributed by atoms with E-state index in [-0.39, 0.29) is 5.92 Å². The molecule has 2 unspecified atom stereocenters. The van der Waals surface area contributed by atoms with Gasteiger partial charge in [0.15, 0.2) is 5.72 Å². The monoisotopic (exact) mass is 172 g/mol. The molecule has 1 amide bonds. The molecule has 0 aromatic rings. The van der Waals surface area contributed by atoms with Crippen molar-refractivity contribution in [3.05, 3.63) is 0 Å². The Labute approximate surface area is 70.6 Å². The zero-order chi connectivity index (χ0) is 9.35. The normalized spacial score (nSPS) is 34.0. The fraction of sp³-hybridized carbons (Fsp3) is 0.714. The predicted molar refractivity (Wildman–Crippen MR) is 42.5 cm³/mol. The lowest BCUT2D eigenvalue weighted by Crippen LogP contribution is -2.47. The maximum absolute atomic E-state index is 11.0. The summed E-state index contributed by atoms with van der Waals surface area (Å²) in [6.45, 7) is 3.29. The Kier molecular flexibility index (Phi) is 2.06. The van der Waals surface area contributed by atoms with Gasteiger partial charge in [0, 0.05) is 12.1 Å². The molecule has 0 spiro atoms. The summed E-state index contributed by atoms with van der Waals surface area (Å²) in [4.78, 5) is 11.0. The SMILES string of the molecule is COC(=O)N1N=CC(C)C1(C)O. The molecule has 0 aromatic heterocycles. The molecule has 0 aromatic carbocycles. The molecule has 1 N–H and O–H groups in total. The van der Waals surface area contributed by atoms with E-state index in [1.165, 1.54) is 20.2 Å². The van der Waals surface area contributed by atoms with Crippen LogP contribution in [0.3, 0.4) is 0 Å². The first-order valence-corrected chi connectivity index (χ1v) is 3.64. The summed E-state index contributed by atoms with van der Waals surface area (Å²) in [6.07, 6.45) is 0.859. The third-order valence-electron chi connectivity index (χ3n) is 2.04. The van der Waals surface area contributed by atoms with Gasteiger partial charge in [-0.2, -0.15) is 10.1 Å². The lowest BCUT2D eigenvalue weighted by atomic mass is 10.0. The molecule has 0 saturated carbocycles. The van der Waals surface area contributed by atoms with E-state index in [1.54, 1.807) is 6.92 Å². The highest BCUT2D eigenvalue weighted by Gasteiger charge is 2.42. The predicted octanol–water partition coefficient (Wildman–Crippen LogP) is 0.399. The largest absolute Gasteiger partial charge is 0.451 e. The Bertz CT molecular complexity index is 225. The third kappa shape index (κ3) is 1.16. The lowest BCUT2D eigenvalue weighted by molar-refractivity contribution is -0.0850. The highest BCUT2D eigenvalue weighted by molar-refractivity contribution is 5.74. The minimum absolute atomic E-state index is 0.184. The second-order valence-corrected chi connectivity index (χ2v) is 2.93. The van der Waals surface area contributed by atoms with E-state index >= 15 is 0 Å². The van der Waals surface area contributed by atoms with Crippen LogP contribution in [0.15, 0.2) is 5.10 Å². The van der Waals surface area contributed by atoms with E-state index in [0.717, 1.165) is 5.01 Å². The second-order valence-electron chi connectivity index (χ2n) is 2.93. The van der Waals surface area contributed by atoms with Gasteiger partial charge in [0.2, 0.25) is 0 Å². The van der Waals surface area contributed by atoms with Gasteiger partial charge in [0.05, 0.1) is 7.11 Å². The molecule has 1 aliphatic heterocycles. The maximum Gasteiger partial charge on any atom is 0.432 e. The molecule has 0 saturated heterocycles. The fourth-order valence-electron chi connectivity index (χ4n) is 0.936. The number of aliphatic hydroxyl groups is 1. The third-order valence-corrected chi connectivity index (χ3v) is 2.04. The van der Waals surface area contributed by atoms with E-state index < -0.39 is 11.8 Å². The Hall–Kier alpha value is -1.10. The van der Waals surface area contributed by atoms with Crippen LogP contribution in [0.25, 0.3) is 0 Å². The van der Waals surface area contributed by atoms with Crippen molar-refractivity contribution in [2.45, 2.75) is 19.6 Å². The minimum Gasteiger partial charge on any atom is -0.451 e. The molecule has 5 heteroatoms. The zero-order valence-electron chi connectivity index (χ0n) is 7.31. The van der Waals surface area contributed by atoms with Gasteiger partial charge >= 0.3 is 6.09 Å². The van der Waals surface area contributed by atoms with E-state index in [4.69, 9.17) is 0 Å². The van der Waals surface area contributed by atoms with E-state index in [0.29, 0.717) is 0 Å². The average molecular weight is 172 g/mol. The van der Waals surface area contributed by atoms with Crippen molar-refractivity contribution in [1.29, 1.82) is 0 Å². The van der Waals surface area contributed by atoms with Crippen LogP contribution in [-0.2, 0) is 4.74 Å². The number of hydrogen-bond acceptors (Lipinski definition) is 4. The van der Waals surface area contributed by atoms with Crippen LogP contribution in [-0.4, -0.2) is 35.3 Å². The molecule has 1 heterocycles. The molecule has 5 nitrogen and oxygen atoms in total. The van der Waals surface area contributed by atoms with Crippen LogP contribution in [0.5, 0.6) is 0 Å². The molecule has 0 bridgehead atoms. The van der Waals surface area contributed by atoms with Crippen molar-refractivity contribution in [1.82, 2.24) is 5.01 Å². The number of carbonyl (C=O) groups is 1. The van der Waals surface area contributed by atoms with Crippen LogP contribution in [0, 0.1) is 5.92 Å². The number of hydrazone groups is 1. The number of carbonyl (C=O) groups excluding carboxylic acids is 1. The summed E-state index contributed by atoms with van der Waals surface area (Å²) < 4.78 is 4.43. The number of hydrogen-bond donors (Lipinski definition) is 1. The molecular weight excluding hydrogens is 160 g/mol. The Morgan fingerprint density at radius 1 is 1.83 bits per heavy atom. The first-order chi connectivity index (χ1) is 5.50. The molecule has 0 fully saturated rings. The molecule has 0 radical (unpaired) electrons. The summed E-state index contributed by atoms with van der Waals surface area (Å²) in [5.74, 6) is -0.184. The summed E-state index contributed by atoms with van der Waals surface area (Å²) in [6, 6.07) is 0. The van der Waals surface area contributed by atoms with Crippen molar-refractivity contribution in [3.8, 4) is 0 Å². The molecule has 0 aliphatic carbocycles. The van der Waals surface area contributed by atoms with Crippen LogP contribution in [0.4, 0.5) is 4.79 Å². The quantitative estimate of drug-likeness (QED) is 0.575. The second kappa shape index (κ2) is 2.75. The summed E-state index contributed by atoms with van der Waals surface area (Å²) in [7, 11) is 1.25. The summed E-state index contributed by atoms with van der Waals surface area (Å²) in [5.41, 5.74) is -1.27. The van der Waals surface area contributed by atoms with Crippen molar-refractivity contribution in [2.75, 3.05) is 7.11 Å². The van der Waals surface area contributed by atoms with Crippen LogP contribution in [0.2, 0.25) is 0 Å². The minimum atomic E-state index is -1.27. The van der Waals surface area contributed by atoms with Crippen LogP contribution in [0.1, 0.15) is 13.8 Å². The van der Waals surface area contributed by atoms with Crippen molar-refractivity contribution >= 4 is 12.3 Å². The molecular formula is C7H12N2O3. The van der Waals surface area contributed by atoms with Crippen molar-refractivity contribution in [3.63, 3.8) is 0 Å². The van der Waals surface area contributed by atoms with Gasteiger partial charge in [-0.1, -0.05) is 6.92 Å². The van der Waals surface area contributed by atoms with Crippen LogP contribution < -0.4 is 0 Å². The highest BCUT2D eigenvalue weighted by atomic mass is 16.6. The lowest BCUT2D eigenvalue weighted by Gasteiger charge is -2.28. The highest BCUT2D eigenvalue weighted by Crippen LogP contribution is 2.26. The van der Waals surface area contributed by atoms with Crippen molar-refractivity contribution in [2.24, 2.45) is 11.0 Å². The standard InChI is InChI=1S/C7H12N2O3/c1-5-4-8-9(6(10)12-3)7(5,2)11/h4-5,11H,1-3H3. The van der Waals surface area contributed by atoms with Crippen molar-refractivity contribution < 1.29 is 14.6 Å². The molecule has 2 atom stereocenters. The number of nitrogens with zero attached hydrogens (tertiary/aromatic N) is 2. The fourth-order valence-corrected chi connectivity index (χ4v) is 0.936. The molecule has 1 rings (SSSR count). The first-order valence-electron chi connectivity index (χ1n) is 3.64. The molecule has 1 aliphatic rings. The molecule has 68 valence electrons. The number of amides is 1. The summed E-state index contributed by atoms with van der Waals surface area (Å²) >= 11 is 0. The van der Waals surface area contributed by atoms with Gasteiger partial charge in [0.1, 0.15) is 0 Å². The van der Waals surface area contributed by atoms with Gasteiger partial charge < -0.3 is 9.84 Å². The van der Waals surface area contributed by atoms with Gasteiger partial charge in [-0.15, -0.1) is 0 Å². The van der Waals surface area contributed by atoms with Gasteiger partial charge in [-0.05, 0) is 6.92 Å². The topological polar surface area (TPSA) is 62.1 Å². The smallest absolute Gasteiger partial charge is 0.432 e. The Balaban J connectivity index is 2.81. The van der Waals surface area contributed by atoms with Gasteiger partial charge in [-0.3, -0.25) is 0 Å². The number of ether oxygens (including phenoxy) is 1. The van der Waals surface area contributed by atoms with Gasteiger partial charge in [0.25, 0.3) is 0 Å². The van der Waals surface area contributed by atoms with E-state index in [1.807, 2.05) is 0 Å². The zero-order valence-corrected chi connectivity index (χ0v) is 7.31. The van der Waals surface area contributed by atoms with Crippen LogP contribution >= 0.6 is 0 Å². The van der Waals surface area contributed by atoms with Gasteiger partial charge in [-0.25, -0.2) is 4.79 Å². The number of rotatable bonds is 0. The van der Waals surface area contributed by atoms with E-state index in [2.05, 4.69) is 9.84 Å². The first kappa shape index (κ1) is 8.99. The van der Waals surface area contributed by atoms with E-state index in [9.17, 15) is 9.90 Å².